The smallest absolute Gasteiger partial charge is 0.129 e. The molecule has 2 nitrogen and oxygen atoms in total. The van der Waals surface area contributed by atoms with Gasteiger partial charge in [0.05, 0.1) is 0 Å². The first kappa shape index (κ1) is 6.89. The Labute approximate surface area is 79.5 Å². The lowest BCUT2D eigenvalue weighted by Gasteiger charge is -2.15. The van der Waals surface area contributed by atoms with Crippen LogP contribution in [0.1, 0.15) is 17.9 Å². The van der Waals surface area contributed by atoms with Gasteiger partial charge >= 0.3 is 0 Å². The van der Waals surface area contributed by atoms with Crippen LogP contribution in [0.5, 0.6) is 0 Å². The maximum Gasteiger partial charge on any atom is 0.129 e. The molecule has 1 fully saturated rings. The van der Waals surface area contributed by atoms with Crippen molar-refractivity contribution >= 4 is 21.7 Å². The van der Waals surface area contributed by atoms with Crippen LogP contribution >= 0.6 is 15.9 Å². The van der Waals surface area contributed by atoms with Crippen molar-refractivity contribution in [3.05, 3.63) is 22.3 Å². The predicted octanol–water partition coefficient (Wildman–Crippen LogP) is 2.37. The topological polar surface area (TPSA) is 24.9 Å². The summed E-state index contributed by atoms with van der Waals surface area (Å²) >= 11 is 3.45. The summed E-state index contributed by atoms with van der Waals surface area (Å²) < 4.78 is 1.09. The molecule has 0 bridgehead atoms. The molecule has 0 aromatic carbocycles. The van der Waals surface area contributed by atoms with E-state index in [0.717, 1.165) is 28.7 Å². The van der Waals surface area contributed by atoms with Crippen LogP contribution in [0.15, 0.2) is 16.7 Å². The van der Waals surface area contributed by atoms with Crippen LogP contribution in [0.2, 0.25) is 0 Å². The number of aromatic nitrogens is 1. The van der Waals surface area contributed by atoms with E-state index >= 15 is 0 Å². The van der Waals surface area contributed by atoms with Gasteiger partial charge in [-0.2, -0.15) is 0 Å². The fourth-order valence-corrected chi connectivity index (χ4v) is 2.32. The average molecular weight is 225 g/mol. The lowest BCUT2D eigenvalue weighted by atomic mass is 10.1. The Morgan fingerprint density at radius 3 is 3.42 bits per heavy atom. The zero-order valence-electron chi connectivity index (χ0n) is 6.55. The highest BCUT2D eigenvalue weighted by Gasteiger charge is 2.42. The predicted molar refractivity (Wildman–Crippen MR) is 51.3 cm³/mol. The molecule has 1 aliphatic heterocycles. The molecular weight excluding hydrogens is 216 g/mol. The van der Waals surface area contributed by atoms with E-state index in [1.54, 1.807) is 0 Å². The van der Waals surface area contributed by atoms with E-state index in [0.29, 0.717) is 0 Å². The maximum atomic E-state index is 4.34. The second-order valence-electron chi connectivity index (χ2n) is 3.57. The molecule has 2 atom stereocenters. The van der Waals surface area contributed by atoms with Crippen LogP contribution in [0.25, 0.3) is 0 Å². The minimum Gasteiger partial charge on any atom is -0.370 e. The van der Waals surface area contributed by atoms with Crippen LogP contribution in [-0.4, -0.2) is 11.5 Å². The minimum atomic E-state index is 0.797. The Morgan fingerprint density at radius 1 is 1.58 bits per heavy atom. The van der Waals surface area contributed by atoms with Gasteiger partial charge in [-0.1, -0.05) is 0 Å². The molecule has 2 heterocycles. The molecule has 2 unspecified atom stereocenters. The standard InChI is InChI=1S/C9H9BrN2/c10-6-2-8-7-1-5(7)3-11-9(8)12-4-6/h2,4-5,7H,1,3H2,(H,11,12). The summed E-state index contributed by atoms with van der Waals surface area (Å²) in [5.74, 6) is 2.77. The van der Waals surface area contributed by atoms with E-state index in [1.165, 1.54) is 12.0 Å². The Kier molecular flexibility index (Phi) is 1.28. The van der Waals surface area contributed by atoms with Crippen molar-refractivity contribution in [3.8, 4) is 0 Å². The quantitative estimate of drug-likeness (QED) is 0.733. The summed E-state index contributed by atoms with van der Waals surface area (Å²) in [6.45, 7) is 1.12. The molecule has 1 aromatic rings. The van der Waals surface area contributed by atoms with E-state index in [1.807, 2.05) is 6.20 Å². The zero-order valence-corrected chi connectivity index (χ0v) is 8.13. The SMILES string of the molecule is Brc1cnc2c(c1)C1CC1CN2. The van der Waals surface area contributed by atoms with E-state index in [9.17, 15) is 0 Å². The van der Waals surface area contributed by atoms with Crippen LogP contribution in [-0.2, 0) is 0 Å². The van der Waals surface area contributed by atoms with E-state index in [2.05, 4.69) is 32.3 Å². The first-order valence-corrected chi connectivity index (χ1v) is 5.03. The highest BCUT2D eigenvalue weighted by atomic mass is 79.9. The summed E-state index contributed by atoms with van der Waals surface area (Å²) in [7, 11) is 0. The molecule has 0 amide bonds. The van der Waals surface area contributed by atoms with Crippen molar-refractivity contribution < 1.29 is 0 Å². The Hall–Kier alpha value is -0.570. The number of hydrogen-bond donors (Lipinski definition) is 1. The first-order valence-electron chi connectivity index (χ1n) is 4.24. The second-order valence-corrected chi connectivity index (χ2v) is 4.49. The van der Waals surface area contributed by atoms with Crippen molar-refractivity contribution in [1.29, 1.82) is 0 Å². The van der Waals surface area contributed by atoms with Gasteiger partial charge in [0, 0.05) is 17.2 Å². The molecule has 0 saturated heterocycles. The third-order valence-corrected chi connectivity index (χ3v) is 3.17. The van der Waals surface area contributed by atoms with E-state index in [4.69, 9.17) is 0 Å². The van der Waals surface area contributed by atoms with Crippen LogP contribution in [0.3, 0.4) is 0 Å². The van der Waals surface area contributed by atoms with Gasteiger partial charge in [0.1, 0.15) is 5.82 Å². The third kappa shape index (κ3) is 0.891. The van der Waals surface area contributed by atoms with Gasteiger partial charge in [0.25, 0.3) is 0 Å². The average Bonchev–Trinajstić information content (AvgIpc) is 2.82. The van der Waals surface area contributed by atoms with Gasteiger partial charge in [-0.05, 0) is 45.8 Å². The number of anilines is 1. The summed E-state index contributed by atoms with van der Waals surface area (Å²) in [5.41, 5.74) is 1.40. The van der Waals surface area contributed by atoms with Crippen molar-refractivity contribution in [2.45, 2.75) is 12.3 Å². The Morgan fingerprint density at radius 2 is 2.50 bits per heavy atom. The summed E-state index contributed by atoms with van der Waals surface area (Å²) in [4.78, 5) is 4.34. The number of nitrogens with zero attached hydrogens (tertiary/aromatic N) is 1. The number of fused-ring (bicyclic) bond motifs is 3. The van der Waals surface area contributed by atoms with Crippen molar-refractivity contribution in [2.24, 2.45) is 5.92 Å². The molecule has 12 heavy (non-hydrogen) atoms. The monoisotopic (exact) mass is 224 g/mol. The molecule has 62 valence electrons. The molecule has 2 aliphatic rings. The highest BCUT2D eigenvalue weighted by molar-refractivity contribution is 9.10. The lowest BCUT2D eigenvalue weighted by molar-refractivity contribution is 0.805. The van der Waals surface area contributed by atoms with Crippen molar-refractivity contribution in [1.82, 2.24) is 4.98 Å². The second kappa shape index (κ2) is 2.22. The summed E-state index contributed by atoms with van der Waals surface area (Å²) in [6.07, 6.45) is 3.20. The van der Waals surface area contributed by atoms with Gasteiger partial charge < -0.3 is 5.32 Å². The number of rotatable bonds is 0. The molecule has 3 heteroatoms. The molecule has 0 spiro atoms. The largest absolute Gasteiger partial charge is 0.370 e. The third-order valence-electron chi connectivity index (χ3n) is 2.74. The molecule has 0 radical (unpaired) electrons. The number of halogens is 1. The first-order chi connectivity index (χ1) is 5.84. The fraction of sp³-hybridized carbons (Fsp3) is 0.444. The summed E-state index contributed by atoms with van der Waals surface area (Å²) in [5, 5.41) is 3.35. The van der Waals surface area contributed by atoms with Crippen molar-refractivity contribution in [3.63, 3.8) is 0 Å². The Bertz CT molecular complexity index is 337. The molecule has 1 aromatic heterocycles. The summed E-state index contributed by atoms with van der Waals surface area (Å²) in [6, 6.07) is 2.19. The van der Waals surface area contributed by atoms with Gasteiger partial charge in [0.2, 0.25) is 0 Å². The Balaban J connectivity index is 2.14. The molecule has 1 N–H and O–H groups in total. The molecule has 1 aliphatic carbocycles. The van der Waals surface area contributed by atoms with Crippen molar-refractivity contribution in [2.75, 3.05) is 11.9 Å². The minimum absolute atomic E-state index is 0.797. The van der Waals surface area contributed by atoms with Gasteiger partial charge in [0.15, 0.2) is 0 Å². The number of hydrogen-bond acceptors (Lipinski definition) is 2. The van der Waals surface area contributed by atoms with E-state index in [-0.39, 0.29) is 0 Å². The fourth-order valence-electron chi connectivity index (χ4n) is 1.97. The van der Waals surface area contributed by atoms with Crippen LogP contribution in [0, 0.1) is 5.92 Å². The zero-order chi connectivity index (χ0) is 8.13. The van der Waals surface area contributed by atoms with Gasteiger partial charge in [-0.3, -0.25) is 0 Å². The van der Waals surface area contributed by atoms with Gasteiger partial charge in [-0.25, -0.2) is 4.98 Å². The highest BCUT2D eigenvalue weighted by Crippen LogP contribution is 2.52. The van der Waals surface area contributed by atoms with Gasteiger partial charge in [-0.15, -0.1) is 0 Å². The molecular formula is C9H9BrN2. The molecule has 1 saturated carbocycles. The van der Waals surface area contributed by atoms with E-state index < -0.39 is 0 Å². The van der Waals surface area contributed by atoms with Crippen LogP contribution in [0.4, 0.5) is 5.82 Å². The normalized spacial score (nSPS) is 30.1. The maximum absolute atomic E-state index is 4.34. The number of nitrogens with one attached hydrogen (secondary N) is 1. The molecule has 3 rings (SSSR count). The van der Waals surface area contributed by atoms with Crippen LogP contribution < -0.4 is 5.32 Å². The number of pyridine rings is 1. The lowest BCUT2D eigenvalue weighted by Crippen LogP contribution is -2.13.